The molecule has 4 rings (SSSR count). The van der Waals surface area contributed by atoms with Crippen LogP contribution in [0.5, 0.6) is 0 Å². The number of nitrogens with zero attached hydrogens (tertiary/aromatic N) is 2. The molecule has 1 unspecified atom stereocenters. The van der Waals surface area contributed by atoms with Crippen molar-refractivity contribution in [2.75, 3.05) is 5.32 Å². The molecule has 4 nitrogen and oxygen atoms in total. The summed E-state index contributed by atoms with van der Waals surface area (Å²) in [4.78, 5) is 9.18. The van der Waals surface area contributed by atoms with Gasteiger partial charge in [-0.25, -0.2) is 9.98 Å². The van der Waals surface area contributed by atoms with Crippen LogP contribution in [0.4, 0.5) is 5.69 Å². The standard InChI is InChI=1S/C22H19N3O/c1-16-9-8-14-19(15-16)23-21-22(26,18-12-6-3-7-13-18)25-20(24-21)17-10-4-2-5-11-17/h2-15,26H,1H3,(H,23,24,25). The number of hydrogen-bond acceptors (Lipinski definition) is 4. The fourth-order valence-electron chi connectivity index (χ4n) is 2.98. The number of hydrogen-bond donors (Lipinski definition) is 2. The summed E-state index contributed by atoms with van der Waals surface area (Å²) < 4.78 is 0. The van der Waals surface area contributed by atoms with Crippen molar-refractivity contribution < 1.29 is 5.11 Å². The van der Waals surface area contributed by atoms with Gasteiger partial charge in [-0.15, -0.1) is 0 Å². The molecule has 3 aromatic rings. The van der Waals surface area contributed by atoms with Gasteiger partial charge in [0.15, 0.2) is 11.7 Å². The van der Waals surface area contributed by atoms with E-state index in [-0.39, 0.29) is 0 Å². The van der Waals surface area contributed by atoms with Gasteiger partial charge in [-0.05, 0) is 24.6 Å². The third-order valence-corrected chi connectivity index (χ3v) is 4.30. The predicted molar refractivity (Wildman–Crippen MR) is 106 cm³/mol. The van der Waals surface area contributed by atoms with E-state index in [9.17, 15) is 5.11 Å². The lowest BCUT2D eigenvalue weighted by atomic mass is 10.0. The van der Waals surface area contributed by atoms with E-state index in [1.54, 1.807) is 0 Å². The van der Waals surface area contributed by atoms with Gasteiger partial charge in [-0.1, -0.05) is 72.8 Å². The monoisotopic (exact) mass is 341 g/mol. The minimum Gasteiger partial charge on any atom is -0.359 e. The van der Waals surface area contributed by atoms with E-state index in [1.807, 2.05) is 91.9 Å². The maximum Gasteiger partial charge on any atom is 0.244 e. The second kappa shape index (κ2) is 6.58. The van der Waals surface area contributed by atoms with Crippen molar-refractivity contribution in [1.82, 2.24) is 0 Å². The Morgan fingerprint density at radius 3 is 2.23 bits per heavy atom. The lowest BCUT2D eigenvalue weighted by Gasteiger charge is -2.23. The molecule has 0 saturated carbocycles. The molecular formula is C22H19N3O. The van der Waals surface area contributed by atoms with Gasteiger partial charge in [0, 0.05) is 16.8 Å². The van der Waals surface area contributed by atoms with Crippen molar-refractivity contribution in [1.29, 1.82) is 0 Å². The van der Waals surface area contributed by atoms with Gasteiger partial charge in [0.2, 0.25) is 5.72 Å². The van der Waals surface area contributed by atoms with Crippen molar-refractivity contribution in [2.24, 2.45) is 9.98 Å². The van der Waals surface area contributed by atoms with Crippen LogP contribution in [0.25, 0.3) is 0 Å². The summed E-state index contributed by atoms with van der Waals surface area (Å²) in [5, 5.41) is 14.7. The van der Waals surface area contributed by atoms with Crippen molar-refractivity contribution in [3.8, 4) is 0 Å². The molecule has 0 radical (unpaired) electrons. The summed E-state index contributed by atoms with van der Waals surface area (Å²) in [5.41, 5.74) is 1.98. The maximum absolute atomic E-state index is 11.4. The Morgan fingerprint density at radius 1 is 0.846 bits per heavy atom. The Labute approximate surface area is 152 Å². The Kier molecular flexibility index (Phi) is 4.11. The Hall–Kier alpha value is -3.24. The summed E-state index contributed by atoms with van der Waals surface area (Å²) in [6.07, 6.45) is 0. The molecule has 0 amide bonds. The minimum absolute atomic E-state index is 0.396. The first-order valence-corrected chi connectivity index (χ1v) is 8.51. The molecule has 1 atom stereocenters. The summed E-state index contributed by atoms with van der Waals surface area (Å²) in [5.74, 6) is 0.903. The number of nitrogens with one attached hydrogen (secondary N) is 1. The van der Waals surface area contributed by atoms with Crippen molar-refractivity contribution >= 4 is 17.4 Å². The van der Waals surface area contributed by atoms with Crippen LogP contribution in [-0.2, 0) is 5.72 Å². The van der Waals surface area contributed by atoms with E-state index in [1.165, 1.54) is 0 Å². The average Bonchev–Trinajstić information content (AvgIpc) is 3.01. The third kappa shape index (κ3) is 3.03. The lowest BCUT2D eigenvalue weighted by molar-refractivity contribution is 0.125. The molecule has 1 heterocycles. The first-order valence-electron chi connectivity index (χ1n) is 8.51. The fraction of sp³-hybridized carbons (Fsp3) is 0.0909. The van der Waals surface area contributed by atoms with Gasteiger partial charge in [0.05, 0.1) is 0 Å². The SMILES string of the molecule is Cc1cccc(NC2=NC(c3ccccc3)=NC2(O)c2ccccc2)c1. The largest absolute Gasteiger partial charge is 0.359 e. The van der Waals surface area contributed by atoms with Crippen molar-refractivity contribution in [2.45, 2.75) is 12.6 Å². The minimum atomic E-state index is -1.55. The van der Waals surface area contributed by atoms with Crippen LogP contribution in [0.15, 0.2) is 94.9 Å². The van der Waals surface area contributed by atoms with Crippen LogP contribution < -0.4 is 5.32 Å². The topological polar surface area (TPSA) is 57.0 Å². The molecule has 0 aromatic heterocycles. The van der Waals surface area contributed by atoms with Crippen molar-refractivity contribution in [3.05, 3.63) is 102 Å². The molecule has 0 spiro atoms. The number of aliphatic imine (C=N–C) groups is 2. The van der Waals surface area contributed by atoms with Gasteiger partial charge >= 0.3 is 0 Å². The lowest BCUT2D eigenvalue weighted by Crippen LogP contribution is -2.36. The van der Waals surface area contributed by atoms with Gasteiger partial charge in [-0.2, -0.15) is 0 Å². The second-order valence-electron chi connectivity index (χ2n) is 6.29. The molecule has 3 aromatic carbocycles. The van der Waals surface area contributed by atoms with Crippen LogP contribution in [0.3, 0.4) is 0 Å². The maximum atomic E-state index is 11.4. The van der Waals surface area contributed by atoms with Gasteiger partial charge < -0.3 is 10.4 Å². The molecule has 0 fully saturated rings. The molecule has 128 valence electrons. The summed E-state index contributed by atoms with van der Waals surface area (Å²) >= 11 is 0. The van der Waals surface area contributed by atoms with E-state index in [4.69, 9.17) is 0 Å². The number of benzene rings is 3. The van der Waals surface area contributed by atoms with Gasteiger partial charge in [0.25, 0.3) is 0 Å². The molecule has 0 aliphatic carbocycles. The molecule has 1 aliphatic heterocycles. The number of aliphatic hydroxyl groups is 1. The third-order valence-electron chi connectivity index (χ3n) is 4.30. The Morgan fingerprint density at radius 2 is 1.54 bits per heavy atom. The zero-order valence-corrected chi connectivity index (χ0v) is 14.4. The number of amidine groups is 2. The summed E-state index contributed by atoms with van der Waals surface area (Å²) in [7, 11) is 0. The zero-order chi connectivity index (χ0) is 18.0. The highest BCUT2D eigenvalue weighted by molar-refractivity contribution is 6.17. The zero-order valence-electron chi connectivity index (χ0n) is 14.4. The second-order valence-corrected chi connectivity index (χ2v) is 6.29. The summed E-state index contributed by atoms with van der Waals surface area (Å²) in [6.45, 7) is 2.02. The normalized spacial score (nSPS) is 19.0. The van der Waals surface area contributed by atoms with E-state index in [0.717, 1.165) is 16.8 Å². The fourth-order valence-corrected chi connectivity index (χ4v) is 2.98. The highest BCUT2D eigenvalue weighted by atomic mass is 16.3. The first-order chi connectivity index (χ1) is 12.6. The van der Waals surface area contributed by atoms with Crippen LogP contribution in [0, 0.1) is 6.92 Å². The average molecular weight is 341 g/mol. The number of aryl methyl sites for hydroxylation is 1. The summed E-state index contributed by atoms with van der Waals surface area (Å²) in [6, 6.07) is 27.0. The quantitative estimate of drug-likeness (QED) is 0.753. The highest BCUT2D eigenvalue weighted by Gasteiger charge is 2.40. The molecule has 1 aliphatic rings. The van der Waals surface area contributed by atoms with Gasteiger partial charge in [-0.3, -0.25) is 0 Å². The molecular weight excluding hydrogens is 322 g/mol. The molecule has 4 heteroatoms. The van der Waals surface area contributed by atoms with Crippen LogP contribution >= 0.6 is 0 Å². The van der Waals surface area contributed by atoms with Gasteiger partial charge in [0.1, 0.15) is 0 Å². The van der Waals surface area contributed by atoms with E-state index >= 15 is 0 Å². The van der Waals surface area contributed by atoms with Crippen LogP contribution in [0.2, 0.25) is 0 Å². The Balaban J connectivity index is 1.78. The molecule has 2 N–H and O–H groups in total. The predicted octanol–water partition coefficient (Wildman–Crippen LogP) is 4.11. The van der Waals surface area contributed by atoms with E-state index in [2.05, 4.69) is 15.3 Å². The van der Waals surface area contributed by atoms with E-state index < -0.39 is 5.72 Å². The first kappa shape index (κ1) is 16.2. The van der Waals surface area contributed by atoms with Crippen LogP contribution in [0.1, 0.15) is 16.7 Å². The van der Waals surface area contributed by atoms with E-state index in [0.29, 0.717) is 17.2 Å². The molecule has 0 saturated heterocycles. The molecule has 0 bridgehead atoms. The molecule has 26 heavy (non-hydrogen) atoms. The number of anilines is 1. The van der Waals surface area contributed by atoms with Crippen molar-refractivity contribution in [3.63, 3.8) is 0 Å². The highest BCUT2D eigenvalue weighted by Crippen LogP contribution is 2.31. The van der Waals surface area contributed by atoms with Crippen LogP contribution in [-0.4, -0.2) is 16.8 Å². The number of rotatable bonds is 3. The smallest absolute Gasteiger partial charge is 0.244 e. The Bertz CT molecular complexity index is 981.